The van der Waals surface area contributed by atoms with Crippen molar-refractivity contribution in [2.45, 2.75) is 44.6 Å². The Labute approximate surface area is 129 Å². The minimum Gasteiger partial charge on any atom is -0.294 e. The van der Waals surface area contributed by atoms with Crippen molar-refractivity contribution in [1.82, 2.24) is 9.78 Å². The zero-order chi connectivity index (χ0) is 14.7. The number of halogens is 1. The van der Waals surface area contributed by atoms with E-state index in [9.17, 15) is 4.79 Å². The lowest BCUT2D eigenvalue weighted by Crippen LogP contribution is -2.14. The molecule has 21 heavy (non-hydrogen) atoms. The van der Waals surface area contributed by atoms with E-state index in [1.165, 1.54) is 32.1 Å². The van der Waals surface area contributed by atoms with E-state index in [2.05, 4.69) is 5.10 Å². The number of carbonyl (C=O) groups excluding carboxylic acids is 1. The lowest BCUT2D eigenvalue weighted by Gasteiger charge is -2.21. The molecule has 1 aromatic heterocycles. The number of rotatable bonds is 4. The van der Waals surface area contributed by atoms with Crippen LogP contribution in [0.2, 0.25) is 5.02 Å². The van der Waals surface area contributed by atoms with Crippen LogP contribution >= 0.6 is 11.6 Å². The SMILES string of the molecule is O=C(Cc1ccn(C2CCCCC2)n1)c1cccc(Cl)c1. The standard InChI is InChI=1S/C17H19ClN2O/c18-14-6-4-5-13(11-14)17(21)12-15-9-10-20(19-15)16-7-2-1-3-8-16/h4-6,9-11,16H,1-3,7-8,12H2. The van der Waals surface area contributed by atoms with Gasteiger partial charge in [-0.05, 0) is 31.0 Å². The normalized spacial score (nSPS) is 16.0. The average Bonchev–Trinajstić information content (AvgIpc) is 2.97. The van der Waals surface area contributed by atoms with E-state index < -0.39 is 0 Å². The van der Waals surface area contributed by atoms with Crippen molar-refractivity contribution in [3.05, 3.63) is 52.8 Å². The number of hydrogen-bond acceptors (Lipinski definition) is 2. The highest BCUT2D eigenvalue weighted by Crippen LogP contribution is 2.27. The van der Waals surface area contributed by atoms with Gasteiger partial charge >= 0.3 is 0 Å². The van der Waals surface area contributed by atoms with Gasteiger partial charge in [-0.25, -0.2) is 0 Å². The fourth-order valence-corrected chi connectivity index (χ4v) is 3.14. The van der Waals surface area contributed by atoms with Crippen molar-refractivity contribution in [2.75, 3.05) is 0 Å². The largest absolute Gasteiger partial charge is 0.294 e. The van der Waals surface area contributed by atoms with E-state index in [4.69, 9.17) is 11.6 Å². The van der Waals surface area contributed by atoms with Gasteiger partial charge in [-0.2, -0.15) is 5.10 Å². The van der Waals surface area contributed by atoms with Gasteiger partial charge in [-0.15, -0.1) is 0 Å². The Morgan fingerprint density at radius 1 is 1.24 bits per heavy atom. The van der Waals surface area contributed by atoms with Crippen molar-refractivity contribution >= 4 is 17.4 Å². The second kappa shape index (κ2) is 6.44. The van der Waals surface area contributed by atoms with Gasteiger partial charge in [0.05, 0.1) is 18.2 Å². The Morgan fingerprint density at radius 3 is 2.81 bits per heavy atom. The van der Waals surface area contributed by atoms with Crippen molar-refractivity contribution in [3.8, 4) is 0 Å². The van der Waals surface area contributed by atoms with Crippen LogP contribution in [0.1, 0.15) is 54.2 Å². The Bertz CT molecular complexity index is 629. The van der Waals surface area contributed by atoms with Gasteiger partial charge in [-0.3, -0.25) is 9.48 Å². The first-order valence-corrected chi connectivity index (χ1v) is 7.93. The molecule has 1 heterocycles. The highest BCUT2D eigenvalue weighted by Gasteiger charge is 2.17. The molecule has 0 aliphatic heterocycles. The summed E-state index contributed by atoms with van der Waals surface area (Å²) < 4.78 is 2.04. The summed E-state index contributed by atoms with van der Waals surface area (Å²) >= 11 is 5.93. The topological polar surface area (TPSA) is 34.9 Å². The summed E-state index contributed by atoms with van der Waals surface area (Å²) in [6, 6.07) is 9.55. The highest BCUT2D eigenvalue weighted by molar-refractivity contribution is 6.31. The fraction of sp³-hybridized carbons (Fsp3) is 0.412. The van der Waals surface area contributed by atoms with E-state index in [0.717, 1.165) is 5.69 Å². The molecule has 0 saturated heterocycles. The Kier molecular flexibility index (Phi) is 4.39. The number of aromatic nitrogens is 2. The third-order valence-corrected chi connectivity index (χ3v) is 4.34. The van der Waals surface area contributed by atoms with Crippen LogP contribution in [0.15, 0.2) is 36.5 Å². The molecule has 0 unspecified atom stereocenters. The van der Waals surface area contributed by atoms with Crippen LogP contribution in [-0.2, 0) is 6.42 Å². The fourth-order valence-electron chi connectivity index (χ4n) is 2.95. The van der Waals surface area contributed by atoms with Gasteiger partial charge < -0.3 is 0 Å². The van der Waals surface area contributed by atoms with E-state index in [1.54, 1.807) is 24.3 Å². The molecule has 3 nitrogen and oxygen atoms in total. The smallest absolute Gasteiger partial charge is 0.168 e. The maximum atomic E-state index is 12.2. The first-order valence-electron chi connectivity index (χ1n) is 7.55. The monoisotopic (exact) mass is 302 g/mol. The number of hydrogen-bond donors (Lipinski definition) is 0. The number of nitrogens with zero attached hydrogens (tertiary/aromatic N) is 2. The summed E-state index contributed by atoms with van der Waals surface area (Å²) in [4.78, 5) is 12.2. The van der Waals surface area contributed by atoms with E-state index >= 15 is 0 Å². The lowest BCUT2D eigenvalue weighted by atomic mass is 9.96. The first kappa shape index (κ1) is 14.3. The summed E-state index contributed by atoms with van der Waals surface area (Å²) in [5.41, 5.74) is 1.49. The van der Waals surface area contributed by atoms with Gasteiger partial charge in [-0.1, -0.05) is 43.0 Å². The first-order chi connectivity index (χ1) is 10.2. The number of carbonyl (C=O) groups is 1. The minimum absolute atomic E-state index is 0.0615. The highest BCUT2D eigenvalue weighted by atomic mass is 35.5. The predicted octanol–water partition coefficient (Wildman–Crippen LogP) is 4.47. The van der Waals surface area contributed by atoms with Crippen LogP contribution < -0.4 is 0 Å². The Balaban J connectivity index is 1.68. The molecule has 4 heteroatoms. The molecule has 0 bridgehead atoms. The number of benzene rings is 1. The summed E-state index contributed by atoms with van der Waals surface area (Å²) in [5, 5.41) is 5.18. The van der Waals surface area contributed by atoms with Crippen LogP contribution in [0.4, 0.5) is 0 Å². The van der Waals surface area contributed by atoms with Crippen LogP contribution in [-0.4, -0.2) is 15.6 Å². The average molecular weight is 303 g/mol. The third-order valence-electron chi connectivity index (χ3n) is 4.10. The van der Waals surface area contributed by atoms with E-state index in [-0.39, 0.29) is 5.78 Å². The van der Waals surface area contributed by atoms with Crippen molar-refractivity contribution in [3.63, 3.8) is 0 Å². The van der Waals surface area contributed by atoms with Crippen molar-refractivity contribution in [2.24, 2.45) is 0 Å². The molecule has 3 rings (SSSR count). The zero-order valence-electron chi connectivity index (χ0n) is 12.0. The molecule has 0 radical (unpaired) electrons. The lowest BCUT2D eigenvalue weighted by molar-refractivity contribution is 0.0991. The van der Waals surface area contributed by atoms with Crippen LogP contribution in [0.5, 0.6) is 0 Å². The molecule has 110 valence electrons. The van der Waals surface area contributed by atoms with Crippen LogP contribution in [0.25, 0.3) is 0 Å². The molecule has 1 aliphatic carbocycles. The summed E-state index contributed by atoms with van der Waals surface area (Å²) in [6.45, 7) is 0. The molecule has 2 aromatic rings. The maximum absolute atomic E-state index is 12.2. The van der Waals surface area contributed by atoms with Crippen molar-refractivity contribution in [1.29, 1.82) is 0 Å². The second-order valence-corrected chi connectivity index (χ2v) is 6.13. The molecular weight excluding hydrogens is 284 g/mol. The number of Topliss-reactive ketones (excluding diaryl/α,β-unsaturated/α-hetero) is 1. The summed E-state index contributed by atoms with van der Waals surface area (Å²) in [6.07, 6.45) is 8.63. The second-order valence-electron chi connectivity index (χ2n) is 5.69. The molecule has 1 aliphatic rings. The van der Waals surface area contributed by atoms with Gasteiger partial charge in [0.2, 0.25) is 0 Å². The minimum atomic E-state index is 0.0615. The van der Waals surface area contributed by atoms with Crippen LogP contribution in [0.3, 0.4) is 0 Å². The predicted molar refractivity (Wildman–Crippen MR) is 83.8 cm³/mol. The maximum Gasteiger partial charge on any atom is 0.168 e. The molecule has 1 fully saturated rings. The van der Waals surface area contributed by atoms with E-state index in [0.29, 0.717) is 23.0 Å². The molecule has 0 spiro atoms. The van der Waals surface area contributed by atoms with Crippen molar-refractivity contribution < 1.29 is 4.79 Å². The molecule has 1 aromatic carbocycles. The molecule has 0 atom stereocenters. The number of ketones is 1. The zero-order valence-corrected chi connectivity index (χ0v) is 12.7. The van der Waals surface area contributed by atoms with Gasteiger partial charge in [0.1, 0.15) is 0 Å². The summed E-state index contributed by atoms with van der Waals surface area (Å²) in [5.74, 6) is 0.0615. The third kappa shape index (κ3) is 3.53. The molecule has 0 N–H and O–H groups in total. The van der Waals surface area contributed by atoms with Gasteiger partial charge in [0.25, 0.3) is 0 Å². The van der Waals surface area contributed by atoms with Gasteiger partial charge in [0, 0.05) is 16.8 Å². The van der Waals surface area contributed by atoms with E-state index in [1.807, 2.05) is 16.9 Å². The Morgan fingerprint density at radius 2 is 2.05 bits per heavy atom. The Hall–Kier alpha value is -1.61. The molecule has 0 amide bonds. The molecular formula is C17H19ClN2O. The summed E-state index contributed by atoms with van der Waals surface area (Å²) in [7, 11) is 0. The van der Waals surface area contributed by atoms with Gasteiger partial charge in [0.15, 0.2) is 5.78 Å². The quantitative estimate of drug-likeness (QED) is 0.781. The molecule has 1 saturated carbocycles. The van der Waals surface area contributed by atoms with Crippen LogP contribution in [0, 0.1) is 0 Å².